The smallest absolute Gasteiger partial charge is 0.357 e. The van der Waals surface area contributed by atoms with Crippen molar-refractivity contribution in [1.82, 2.24) is 5.32 Å². The molecule has 2 atom stereocenters. The summed E-state index contributed by atoms with van der Waals surface area (Å²) in [5.41, 5.74) is 0. The van der Waals surface area contributed by atoms with E-state index < -0.39 is 18.3 Å². The Kier molecular flexibility index (Phi) is 3.43. The zero-order valence-electron chi connectivity index (χ0n) is 9.40. The van der Waals surface area contributed by atoms with Crippen LogP contribution in [-0.2, 0) is 19.1 Å². The standard InChI is InChI=1S/C11H17NO4/c1-15-10-11(14)16-8(9(13)12-10)7-5-3-2-4-6-7/h7-8,10H,2-6H2,1H3,(H,12,13)/t8-,10?/m0/s1. The Morgan fingerprint density at radius 1 is 1.25 bits per heavy atom. The van der Waals surface area contributed by atoms with Crippen molar-refractivity contribution in [3.8, 4) is 0 Å². The van der Waals surface area contributed by atoms with Crippen molar-refractivity contribution in [2.75, 3.05) is 7.11 Å². The molecule has 1 unspecified atom stereocenters. The molecule has 90 valence electrons. The molecule has 1 saturated heterocycles. The number of ether oxygens (including phenoxy) is 2. The highest BCUT2D eigenvalue weighted by atomic mass is 16.6. The maximum Gasteiger partial charge on any atom is 0.357 e. The summed E-state index contributed by atoms with van der Waals surface area (Å²) in [7, 11) is 1.37. The summed E-state index contributed by atoms with van der Waals surface area (Å²) in [6, 6.07) is 0. The summed E-state index contributed by atoms with van der Waals surface area (Å²) in [6.45, 7) is 0. The number of carbonyl (C=O) groups is 2. The fourth-order valence-corrected chi connectivity index (χ4v) is 2.41. The first-order valence-electron chi connectivity index (χ1n) is 5.76. The van der Waals surface area contributed by atoms with Crippen LogP contribution in [0.25, 0.3) is 0 Å². The molecule has 0 spiro atoms. The first-order valence-corrected chi connectivity index (χ1v) is 5.76. The van der Waals surface area contributed by atoms with Crippen molar-refractivity contribution < 1.29 is 19.1 Å². The Morgan fingerprint density at radius 2 is 1.94 bits per heavy atom. The molecule has 1 N–H and O–H groups in total. The van der Waals surface area contributed by atoms with E-state index in [0.29, 0.717) is 0 Å². The first-order chi connectivity index (χ1) is 7.72. The second kappa shape index (κ2) is 4.82. The monoisotopic (exact) mass is 227 g/mol. The van der Waals surface area contributed by atoms with Crippen LogP contribution >= 0.6 is 0 Å². The minimum Gasteiger partial charge on any atom is -0.449 e. The van der Waals surface area contributed by atoms with E-state index in [4.69, 9.17) is 9.47 Å². The number of amides is 1. The minimum atomic E-state index is -0.938. The number of rotatable bonds is 2. The lowest BCUT2D eigenvalue weighted by Gasteiger charge is -2.33. The Labute approximate surface area is 94.5 Å². The topological polar surface area (TPSA) is 64.6 Å². The molecule has 5 nitrogen and oxygen atoms in total. The average molecular weight is 227 g/mol. The van der Waals surface area contributed by atoms with Crippen molar-refractivity contribution in [3.05, 3.63) is 0 Å². The summed E-state index contributed by atoms with van der Waals surface area (Å²) >= 11 is 0. The van der Waals surface area contributed by atoms with E-state index in [1.807, 2.05) is 0 Å². The molecule has 0 radical (unpaired) electrons. The molecular weight excluding hydrogens is 210 g/mol. The second-order valence-corrected chi connectivity index (χ2v) is 4.38. The Bertz CT molecular complexity index is 286. The molecule has 1 heterocycles. The molecule has 0 bridgehead atoms. The Balaban J connectivity index is 2.00. The van der Waals surface area contributed by atoms with Gasteiger partial charge in [-0.15, -0.1) is 0 Å². The Hall–Kier alpha value is -1.10. The normalized spacial score (nSPS) is 32.1. The molecule has 5 heteroatoms. The maximum atomic E-state index is 11.7. The van der Waals surface area contributed by atoms with Gasteiger partial charge in [0.2, 0.25) is 6.23 Å². The van der Waals surface area contributed by atoms with Gasteiger partial charge in [-0.3, -0.25) is 4.79 Å². The van der Waals surface area contributed by atoms with Gasteiger partial charge < -0.3 is 14.8 Å². The molecule has 1 amide bonds. The summed E-state index contributed by atoms with van der Waals surface area (Å²) in [4.78, 5) is 23.2. The van der Waals surface area contributed by atoms with Crippen molar-refractivity contribution in [1.29, 1.82) is 0 Å². The maximum absolute atomic E-state index is 11.7. The molecule has 1 aliphatic carbocycles. The van der Waals surface area contributed by atoms with Gasteiger partial charge in [0.25, 0.3) is 5.91 Å². The van der Waals surface area contributed by atoms with Crippen LogP contribution < -0.4 is 5.32 Å². The molecule has 1 saturated carbocycles. The van der Waals surface area contributed by atoms with Gasteiger partial charge in [-0.05, 0) is 12.8 Å². The summed E-state index contributed by atoms with van der Waals surface area (Å²) in [5, 5.41) is 2.53. The third kappa shape index (κ3) is 2.19. The number of nitrogens with one attached hydrogen (secondary N) is 1. The van der Waals surface area contributed by atoms with Crippen LogP contribution in [0.3, 0.4) is 0 Å². The number of carbonyl (C=O) groups excluding carboxylic acids is 2. The predicted octanol–water partition coefficient (Wildman–Crippen LogP) is 0.581. The third-order valence-electron chi connectivity index (χ3n) is 3.30. The van der Waals surface area contributed by atoms with E-state index in [2.05, 4.69) is 5.32 Å². The SMILES string of the molecule is COC1NC(=O)[C@H](C2CCCCC2)OC1=O. The molecule has 1 aliphatic heterocycles. The van der Waals surface area contributed by atoms with Crippen molar-refractivity contribution in [3.63, 3.8) is 0 Å². The summed E-state index contributed by atoms with van der Waals surface area (Å²) in [6.07, 6.45) is 3.80. The van der Waals surface area contributed by atoms with E-state index in [0.717, 1.165) is 25.7 Å². The first kappa shape index (κ1) is 11.4. The van der Waals surface area contributed by atoms with Crippen LogP contribution in [0.5, 0.6) is 0 Å². The van der Waals surface area contributed by atoms with Crippen LogP contribution in [0, 0.1) is 5.92 Å². The predicted molar refractivity (Wildman–Crippen MR) is 55.4 cm³/mol. The van der Waals surface area contributed by atoms with Gasteiger partial charge in [0.1, 0.15) is 0 Å². The lowest BCUT2D eigenvalue weighted by atomic mass is 9.84. The quantitative estimate of drug-likeness (QED) is 0.701. The number of morpholine rings is 1. The highest BCUT2D eigenvalue weighted by molar-refractivity contribution is 5.91. The molecule has 16 heavy (non-hydrogen) atoms. The fourth-order valence-electron chi connectivity index (χ4n) is 2.41. The van der Waals surface area contributed by atoms with Crippen LogP contribution in [0.2, 0.25) is 0 Å². The van der Waals surface area contributed by atoms with Gasteiger partial charge in [-0.2, -0.15) is 0 Å². The van der Waals surface area contributed by atoms with Crippen LogP contribution in [-0.4, -0.2) is 31.3 Å². The zero-order chi connectivity index (χ0) is 11.5. The number of hydrogen-bond donors (Lipinski definition) is 1. The van der Waals surface area contributed by atoms with Crippen molar-refractivity contribution in [2.24, 2.45) is 5.92 Å². The summed E-state index contributed by atoms with van der Waals surface area (Å²) < 4.78 is 9.97. The lowest BCUT2D eigenvalue weighted by molar-refractivity contribution is -0.182. The van der Waals surface area contributed by atoms with E-state index in [1.165, 1.54) is 13.5 Å². The molecule has 0 aromatic carbocycles. The fraction of sp³-hybridized carbons (Fsp3) is 0.818. The van der Waals surface area contributed by atoms with Gasteiger partial charge >= 0.3 is 5.97 Å². The number of hydrogen-bond acceptors (Lipinski definition) is 4. The van der Waals surface area contributed by atoms with Gasteiger partial charge in [-0.25, -0.2) is 4.79 Å². The van der Waals surface area contributed by atoms with Crippen LogP contribution in [0.4, 0.5) is 0 Å². The van der Waals surface area contributed by atoms with E-state index >= 15 is 0 Å². The van der Waals surface area contributed by atoms with Crippen molar-refractivity contribution in [2.45, 2.75) is 44.4 Å². The lowest BCUT2D eigenvalue weighted by Crippen LogP contribution is -2.57. The summed E-state index contributed by atoms with van der Waals surface area (Å²) in [5.74, 6) is -0.536. The van der Waals surface area contributed by atoms with E-state index in [-0.39, 0.29) is 11.8 Å². The van der Waals surface area contributed by atoms with Gasteiger partial charge in [0, 0.05) is 13.0 Å². The highest BCUT2D eigenvalue weighted by Crippen LogP contribution is 2.29. The molecule has 0 aromatic rings. The third-order valence-corrected chi connectivity index (χ3v) is 3.30. The molecule has 2 fully saturated rings. The van der Waals surface area contributed by atoms with Gasteiger partial charge in [0.05, 0.1) is 0 Å². The largest absolute Gasteiger partial charge is 0.449 e. The van der Waals surface area contributed by atoms with E-state index in [9.17, 15) is 9.59 Å². The zero-order valence-corrected chi connectivity index (χ0v) is 9.40. The molecular formula is C11H17NO4. The molecule has 2 aliphatic rings. The van der Waals surface area contributed by atoms with E-state index in [1.54, 1.807) is 0 Å². The highest BCUT2D eigenvalue weighted by Gasteiger charge is 2.40. The van der Waals surface area contributed by atoms with Crippen LogP contribution in [0.15, 0.2) is 0 Å². The second-order valence-electron chi connectivity index (χ2n) is 4.38. The van der Waals surface area contributed by atoms with Gasteiger partial charge in [0.15, 0.2) is 6.10 Å². The number of methoxy groups -OCH3 is 1. The Morgan fingerprint density at radius 3 is 2.56 bits per heavy atom. The number of esters is 1. The van der Waals surface area contributed by atoms with Gasteiger partial charge in [-0.1, -0.05) is 19.3 Å². The molecule has 2 rings (SSSR count). The molecule has 0 aromatic heterocycles. The van der Waals surface area contributed by atoms with Crippen molar-refractivity contribution >= 4 is 11.9 Å². The van der Waals surface area contributed by atoms with Crippen LogP contribution in [0.1, 0.15) is 32.1 Å². The average Bonchev–Trinajstić information content (AvgIpc) is 2.32. The minimum absolute atomic E-state index is 0.176. The number of cyclic esters (lactones) is 1.